The molecule has 0 saturated heterocycles. The lowest BCUT2D eigenvalue weighted by Crippen LogP contribution is -2.33. The van der Waals surface area contributed by atoms with Gasteiger partial charge in [0.25, 0.3) is 0 Å². The number of benzene rings is 1. The van der Waals surface area contributed by atoms with Crippen molar-refractivity contribution in [1.29, 1.82) is 0 Å². The van der Waals surface area contributed by atoms with Crippen molar-refractivity contribution in [3.63, 3.8) is 0 Å². The molecule has 0 amide bonds. The topological polar surface area (TPSA) is 37.3 Å². The van der Waals surface area contributed by atoms with Gasteiger partial charge < -0.3 is 5.11 Å². The summed E-state index contributed by atoms with van der Waals surface area (Å²) in [5, 5.41) is 9.75. The maximum atomic E-state index is 11.9. The Kier molecular flexibility index (Phi) is 5.22. The highest BCUT2D eigenvalue weighted by molar-refractivity contribution is 5.83. The number of hydrogen-bond acceptors (Lipinski definition) is 1. The molecule has 1 N–H and O–H groups in total. The summed E-state index contributed by atoms with van der Waals surface area (Å²) in [6.45, 7) is 2.22. The van der Waals surface area contributed by atoms with Crippen LogP contribution in [0.1, 0.15) is 69.4 Å². The standard InChI is InChI=1S/C18H26O2/c1-2-3-4-5-6-9-13-18(17(19)20)14-12-15-10-7-8-11-16(15)18/h7-8,10-11H,2-6,9,12-14H2,1H3,(H,19,20). The van der Waals surface area contributed by atoms with Crippen molar-refractivity contribution in [2.45, 2.75) is 70.1 Å². The first-order chi connectivity index (χ1) is 9.70. The van der Waals surface area contributed by atoms with Crippen LogP contribution in [0.5, 0.6) is 0 Å². The van der Waals surface area contributed by atoms with E-state index in [0.717, 1.165) is 37.7 Å². The first-order valence-electron chi connectivity index (χ1n) is 8.02. The van der Waals surface area contributed by atoms with Gasteiger partial charge in [0.2, 0.25) is 0 Å². The smallest absolute Gasteiger partial charge is 0.314 e. The normalized spacial score (nSPS) is 20.9. The van der Waals surface area contributed by atoms with E-state index in [1.54, 1.807) is 0 Å². The Morgan fingerprint density at radius 1 is 1.15 bits per heavy atom. The maximum Gasteiger partial charge on any atom is 0.314 e. The van der Waals surface area contributed by atoms with Gasteiger partial charge in [0.1, 0.15) is 0 Å². The molecule has 2 rings (SSSR count). The molecule has 0 aromatic heterocycles. The first-order valence-corrected chi connectivity index (χ1v) is 8.02. The van der Waals surface area contributed by atoms with Crippen LogP contribution in [-0.4, -0.2) is 11.1 Å². The third-order valence-electron chi connectivity index (χ3n) is 4.72. The lowest BCUT2D eigenvalue weighted by atomic mass is 9.77. The third-order valence-corrected chi connectivity index (χ3v) is 4.72. The molecular weight excluding hydrogens is 248 g/mol. The van der Waals surface area contributed by atoms with Crippen molar-refractivity contribution < 1.29 is 9.90 Å². The number of aryl methyl sites for hydroxylation is 1. The molecule has 20 heavy (non-hydrogen) atoms. The number of carboxylic acid groups (broad SMARTS) is 1. The summed E-state index contributed by atoms with van der Waals surface area (Å²) in [5.74, 6) is -0.629. The lowest BCUT2D eigenvalue weighted by Gasteiger charge is -2.25. The van der Waals surface area contributed by atoms with E-state index in [0.29, 0.717) is 0 Å². The van der Waals surface area contributed by atoms with Gasteiger partial charge >= 0.3 is 5.97 Å². The van der Waals surface area contributed by atoms with E-state index in [1.807, 2.05) is 18.2 Å². The number of carbonyl (C=O) groups is 1. The molecule has 1 aromatic rings. The Morgan fingerprint density at radius 2 is 1.85 bits per heavy atom. The van der Waals surface area contributed by atoms with Crippen molar-refractivity contribution >= 4 is 5.97 Å². The van der Waals surface area contributed by atoms with E-state index in [9.17, 15) is 9.90 Å². The molecule has 1 unspecified atom stereocenters. The van der Waals surface area contributed by atoms with Crippen LogP contribution in [-0.2, 0) is 16.6 Å². The van der Waals surface area contributed by atoms with Gasteiger partial charge in [-0.15, -0.1) is 0 Å². The number of aliphatic carboxylic acids is 1. The highest BCUT2D eigenvalue weighted by Gasteiger charge is 2.44. The molecule has 0 fully saturated rings. The van der Waals surface area contributed by atoms with Crippen molar-refractivity contribution in [2.75, 3.05) is 0 Å². The second kappa shape index (κ2) is 6.92. The zero-order chi connectivity index (χ0) is 14.4. The molecule has 0 saturated carbocycles. The van der Waals surface area contributed by atoms with Crippen molar-refractivity contribution in [1.82, 2.24) is 0 Å². The van der Waals surface area contributed by atoms with E-state index in [1.165, 1.54) is 31.2 Å². The van der Waals surface area contributed by atoms with Gasteiger partial charge in [-0.2, -0.15) is 0 Å². The highest BCUT2D eigenvalue weighted by atomic mass is 16.4. The molecule has 110 valence electrons. The minimum Gasteiger partial charge on any atom is -0.481 e. The van der Waals surface area contributed by atoms with Gasteiger partial charge in [0, 0.05) is 0 Å². The fourth-order valence-electron chi connectivity index (χ4n) is 3.48. The molecule has 1 aromatic carbocycles. The van der Waals surface area contributed by atoms with Crippen molar-refractivity contribution in [3.05, 3.63) is 35.4 Å². The van der Waals surface area contributed by atoms with Gasteiger partial charge in [-0.3, -0.25) is 4.79 Å². The largest absolute Gasteiger partial charge is 0.481 e. The SMILES string of the molecule is CCCCCCCCC1(C(=O)O)CCc2ccccc21. The zero-order valence-corrected chi connectivity index (χ0v) is 12.5. The van der Waals surface area contributed by atoms with Crippen LogP contribution >= 0.6 is 0 Å². The van der Waals surface area contributed by atoms with Crippen LogP contribution in [0.15, 0.2) is 24.3 Å². The van der Waals surface area contributed by atoms with Crippen LogP contribution in [0.2, 0.25) is 0 Å². The molecule has 0 heterocycles. The second-order valence-corrected chi connectivity index (χ2v) is 6.06. The molecule has 1 aliphatic carbocycles. The molecule has 0 bridgehead atoms. The van der Waals surface area contributed by atoms with E-state index in [-0.39, 0.29) is 0 Å². The number of fused-ring (bicyclic) bond motifs is 1. The molecule has 2 nitrogen and oxygen atoms in total. The van der Waals surface area contributed by atoms with Gasteiger partial charge in [0.15, 0.2) is 0 Å². The molecular formula is C18H26O2. The van der Waals surface area contributed by atoms with E-state index < -0.39 is 11.4 Å². The Bertz CT molecular complexity index is 452. The number of hydrogen-bond donors (Lipinski definition) is 1. The average molecular weight is 274 g/mol. The summed E-state index contributed by atoms with van der Waals surface area (Å²) in [6, 6.07) is 8.10. The summed E-state index contributed by atoms with van der Waals surface area (Å²) in [4.78, 5) is 11.9. The first kappa shape index (κ1) is 15.1. The van der Waals surface area contributed by atoms with Gasteiger partial charge in [0.05, 0.1) is 5.41 Å². The van der Waals surface area contributed by atoms with Gasteiger partial charge in [-0.05, 0) is 30.4 Å². The quantitative estimate of drug-likeness (QED) is 0.697. The van der Waals surface area contributed by atoms with Crippen LogP contribution in [0.4, 0.5) is 0 Å². The Balaban J connectivity index is 1.97. The molecule has 1 aliphatic rings. The molecule has 2 heteroatoms. The minimum atomic E-state index is -0.629. The number of unbranched alkanes of at least 4 members (excludes halogenated alkanes) is 5. The Hall–Kier alpha value is -1.31. The predicted octanol–water partition coefficient (Wildman–Crippen LogP) is 4.71. The van der Waals surface area contributed by atoms with Crippen LogP contribution < -0.4 is 0 Å². The zero-order valence-electron chi connectivity index (χ0n) is 12.5. The van der Waals surface area contributed by atoms with Gasteiger partial charge in [-0.25, -0.2) is 0 Å². The highest BCUT2D eigenvalue weighted by Crippen LogP contribution is 2.43. The number of rotatable bonds is 8. The molecule has 0 aliphatic heterocycles. The number of carboxylic acids is 1. The van der Waals surface area contributed by atoms with Crippen molar-refractivity contribution in [2.24, 2.45) is 0 Å². The summed E-state index contributed by atoms with van der Waals surface area (Å²) in [7, 11) is 0. The fraction of sp³-hybridized carbons (Fsp3) is 0.611. The fourth-order valence-corrected chi connectivity index (χ4v) is 3.48. The summed E-state index contributed by atoms with van der Waals surface area (Å²) in [6.07, 6.45) is 9.76. The Morgan fingerprint density at radius 3 is 2.60 bits per heavy atom. The molecule has 0 spiro atoms. The second-order valence-electron chi connectivity index (χ2n) is 6.06. The van der Waals surface area contributed by atoms with Crippen LogP contribution in [0, 0.1) is 0 Å². The van der Waals surface area contributed by atoms with E-state index in [2.05, 4.69) is 13.0 Å². The van der Waals surface area contributed by atoms with E-state index >= 15 is 0 Å². The van der Waals surface area contributed by atoms with Crippen LogP contribution in [0.3, 0.4) is 0 Å². The summed E-state index contributed by atoms with van der Waals surface area (Å²) >= 11 is 0. The minimum absolute atomic E-state index is 0.610. The maximum absolute atomic E-state index is 11.9. The summed E-state index contributed by atoms with van der Waals surface area (Å²) in [5.41, 5.74) is 1.70. The molecule has 1 atom stereocenters. The average Bonchev–Trinajstić information content (AvgIpc) is 2.83. The summed E-state index contributed by atoms with van der Waals surface area (Å²) < 4.78 is 0. The Labute approximate surface area is 122 Å². The van der Waals surface area contributed by atoms with Crippen LogP contribution in [0.25, 0.3) is 0 Å². The molecule has 0 radical (unpaired) electrons. The van der Waals surface area contributed by atoms with E-state index in [4.69, 9.17) is 0 Å². The third kappa shape index (κ3) is 3.05. The monoisotopic (exact) mass is 274 g/mol. The van der Waals surface area contributed by atoms with Crippen molar-refractivity contribution in [3.8, 4) is 0 Å². The predicted molar refractivity (Wildman–Crippen MR) is 82.1 cm³/mol. The van der Waals surface area contributed by atoms with Gasteiger partial charge in [-0.1, -0.05) is 69.7 Å². The lowest BCUT2D eigenvalue weighted by molar-refractivity contribution is -0.144.